The Morgan fingerprint density at radius 3 is 2.00 bits per heavy atom. The molecular weight excluding hydrogens is 222 g/mol. The van der Waals surface area contributed by atoms with Crippen LogP contribution in [0.4, 0.5) is 0 Å². The van der Waals surface area contributed by atoms with E-state index in [-0.39, 0.29) is 11.0 Å². The summed E-state index contributed by atoms with van der Waals surface area (Å²) in [6.07, 6.45) is 9.07. The van der Waals surface area contributed by atoms with E-state index >= 15 is 0 Å². The molecule has 4 rings (SSSR count). The van der Waals surface area contributed by atoms with E-state index in [4.69, 9.17) is 0 Å². The van der Waals surface area contributed by atoms with Gasteiger partial charge >= 0.3 is 0 Å². The third-order valence-corrected chi connectivity index (χ3v) is 5.32. The summed E-state index contributed by atoms with van der Waals surface area (Å²) in [5.74, 6) is 2.87. The van der Waals surface area contributed by atoms with Crippen molar-refractivity contribution in [1.82, 2.24) is 5.32 Å². The molecule has 0 aromatic carbocycles. The van der Waals surface area contributed by atoms with Gasteiger partial charge in [0.1, 0.15) is 0 Å². The second kappa shape index (κ2) is 3.98. The second-order valence-corrected chi connectivity index (χ2v) is 8.24. The molecular formula is C16H27NO. The average molecular weight is 249 g/mol. The molecule has 2 nitrogen and oxygen atoms in total. The highest BCUT2D eigenvalue weighted by atomic mass is 16.2. The molecule has 4 fully saturated rings. The van der Waals surface area contributed by atoms with Crippen LogP contribution in [0.1, 0.15) is 65.7 Å². The van der Waals surface area contributed by atoms with Crippen LogP contribution in [0.25, 0.3) is 0 Å². The highest BCUT2D eigenvalue weighted by Crippen LogP contribution is 2.57. The highest BCUT2D eigenvalue weighted by molar-refractivity contribution is 5.83. The first-order valence-corrected chi connectivity index (χ1v) is 7.69. The van der Waals surface area contributed by atoms with Crippen LogP contribution in [0.2, 0.25) is 0 Å². The smallest absolute Gasteiger partial charge is 0.226 e. The van der Waals surface area contributed by atoms with E-state index in [0.29, 0.717) is 5.91 Å². The summed E-state index contributed by atoms with van der Waals surface area (Å²) >= 11 is 0. The molecule has 2 unspecified atom stereocenters. The van der Waals surface area contributed by atoms with Gasteiger partial charge in [-0.15, -0.1) is 0 Å². The SMILES string of the molecule is CC(C)(C)NC(=O)C12CC3CCC(CC(C3)C1)C2. The fourth-order valence-electron chi connectivity index (χ4n) is 4.94. The number of rotatable bonds is 1. The molecule has 0 saturated heterocycles. The number of carbonyl (C=O) groups is 1. The summed E-state index contributed by atoms with van der Waals surface area (Å²) in [4.78, 5) is 12.8. The van der Waals surface area contributed by atoms with Crippen LogP contribution < -0.4 is 5.32 Å². The third-order valence-electron chi connectivity index (χ3n) is 5.32. The maximum absolute atomic E-state index is 12.8. The van der Waals surface area contributed by atoms with Crippen molar-refractivity contribution in [1.29, 1.82) is 0 Å². The normalized spacial score (nSPS) is 42.7. The van der Waals surface area contributed by atoms with E-state index in [2.05, 4.69) is 26.1 Å². The summed E-state index contributed by atoms with van der Waals surface area (Å²) < 4.78 is 0. The minimum absolute atomic E-state index is 0.000278. The standard InChI is InChI=1S/C16H27NO/c1-15(2,3)17-14(18)16-8-11-4-5-12(9-16)7-13(6-11)10-16/h11-13H,4-10H2,1-3H3,(H,17,18). The lowest BCUT2D eigenvalue weighted by Crippen LogP contribution is -2.53. The van der Waals surface area contributed by atoms with Gasteiger partial charge in [-0.1, -0.05) is 12.8 Å². The number of hydrogen-bond acceptors (Lipinski definition) is 1. The summed E-state index contributed by atoms with van der Waals surface area (Å²) in [6, 6.07) is 0. The lowest BCUT2D eigenvalue weighted by Gasteiger charge is -2.48. The molecule has 18 heavy (non-hydrogen) atoms. The first-order valence-electron chi connectivity index (χ1n) is 7.69. The van der Waals surface area contributed by atoms with E-state index in [1.165, 1.54) is 44.9 Å². The largest absolute Gasteiger partial charge is 0.351 e. The van der Waals surface area contributed by atoms with Gasteiger partial charge in [-0.25, -0.2) is 0 Å². The van der Waals surface area contributed by atoms with Gasteiger partial charge < -0.3 is 5.32 Å². The van der Waals surface area contributed by atoms with Gasteiger partial charge in [-0.05, 0) is 70.6 Å². The predicted molar refractivity (Wildman–Crippen MR) is 73.1 cm³/mol. The number of amides is 1. The van der Waals surface area contributed by atoms with Crippen molar-refractivity contribution in [3.63, 3.8) is 0 Å². The summed E-state index contributed by atoms with van der Waals surface area (Å²) in [5, 5.41) is 3.26. The molecule has 1 N–H and O–H groups in total. The molecule has 4 saturated carbocycles. The van der Waals surface area contributed by atoms with Gasteiger partial charge in [0, 0.05) is 11.0 Å². The van der Waals surface area contributed by atoms with Gasteiger partial charge in [0.25, 0.3) is 0 Å². The molecule has 2 atom stereocenters. The van der Waals surface area contributed by atoms with Gasteiger partial charge in [0.15, 0.2) is 0 Å². The summed E-state index contributed by atoms with van der Waals surface area (Å²) in [6.45, 7) is 6.29. The molecule has 4 aliphatic carbocycles. The van der Waals surface area contributed by atoms with E-state index in [1.807, 2.05) is 0 Å². The Hall–Kier alpha value is -0.530. The van der Waals surface area contributed by atoms with Gasteiger partial charge in [-0.3, -0.25) is 4.79 Å². The van der Waals surface area contributed by atoms with Crippen LogP contribution in [0, 0.1) is 23.2 Å². The van der Waals surface area contributed by atoms with Crippen LogP contribution in [0.5, 0.6) is 0 Å². The Balaban J connectivity index is 1.83. The average Bonchev–Trinajstić information content (AvgIpc) is 2.43. The first kappa shape index (κ1) is 12.5. The molecule has 0 aromatic heterocycles. The van der Waals surface area contributed by atoms with Crippen molar-refractivity contribution in [2.24, 2.45) is 23.2 Å². The van der Waals surface area contributed by atoms with Crippen LogP contribution in [-0.2, 0) is 4.79 Å². The van der Waals surface area contributed by atoms with Crippen LogP contribution >= 0.6 is 0 Å². The maximum Gasteiger partial charge on any atom is 0.226 e. The van der Waals surface area contributed by atoms with E-state index in [9.17, 15) is 4.79 Å². The molecule has 0 aromatic rings. The van der Waals surface area contributed by atoms with Gasteiger partial charge in [-0.2, -0.15) is 0 Å². The minimum Gasteiger partial charge on any atom is -0.351 e. The molecule has 0 spiro atoms. The second-order valence-electron chi connectivity index (χ2n) is 8.24. The quantitative estimate of drug-likeness (QED) is 0.757. The van der Waals surface area contributed by atoms with Crippen LogP contribution in [0.3, 0.4) is 0 Å². The monoisotopic (exact) mass is 249 g/mol. The Morgan fingerprint density at radius 2 is 1.50 bits per heavy atom. The Kier molecular flexibility index (Phi) is 2.76. The van der Waals surface area contributed by atoms with E-state index in [0.717, 1.165) is 17.8 Å². The Bertz CT molecular complexity index is 339. The van der Waals surface area contributed by atoms with E-state index in [1.54, 1.807) is 0 Å². The van der Waals surface area contributed by atoms with Crippen molar-refractivity contribution in [2.75, 3.05) is 0 Å². The fourth-order valence-corrected chi connectivity index (χ4v) is 4.94. The molecule has 4 aliphatic rings. The van der Waals surface area contributed by atoms with E-state index < -0.39 is 0 Å². The molecule has 0 radical (unpaired) electrons. The zero-order valence-electron chi connectivity index (χ0n) is 12.1. The zero-order valence-corrected chi connectivity index (χ0v) is 12.1. The maximum atomic E-state index is 12.8. The number of carbonyl (C=O) groups excluding carboxylic acids is 1. The van der Waals surface area contributed by atoms with Crippen molar-refractivity contribution < 1.29 is 4.79 Å². The lowest BCUT2D eigenvalue weighted by atomic mass is 9.58. The molecule has 1 amide bonds. The van der Waals surface area contributed by atoms with Crippen molar-refractivity contribution in [3.05, 3.63) is 0 Å². The topological polar surface area (TPSA) is 29.1 Å². The van der Waals surface area contributed by atoms with Crippen molar-refractivity contribution in [3.8, 4) is 0 Å². The van der Waals surface area contributed by atoms with Crippen LogP contribution in [0.15, 0.2) is 0 Å². The summed E-state index contributed by atoms with van der Waals surface area (Å²) in [5.41, 5.74) is -0.0877. The fraction of sp³-hybridized carbons (Fsp3) is 0.938. The Morgan fingerprint density at radius 1 is 1.00 bits per heavy atom. The summed E-state index contributed by atoms with van der Waals surface area (Å²) in [7, 11) is 0. The van der Waals surface area contributed by atoms with Crippen molar-refractivity contribution >= 4 is 5.91 Å². The molecule has 2 heteroatoms. The Labute approximate surface area is 111 Å². The highest BCUT2D eigenvalue weighted by Gasteiger charge is 2.52. The zero-order chi connectivity index (χ0) is 13.0. The van der Waals surface area contributed by atoms with Gasteiger partial charge in [0.05, 0.1) is 0 Å². The molecule has 102 valence electrons. The number of fused-ring (bicyclic) bond motifs is 1. The molecule has 4 bridgehead atoms. The predicted octanol–water partition coefficient (Wildman–Crippen LogP) is 3.51. The first-order chi connectivity index (χ1) is 8.36. The molecule has 0 heterocycles. The molecule has 0 aliphatic heterocycles. The minimum atomic E-state index is -0.0880. The van der Waals surface area contributed by atoms with Crippen LogP contribution in [-0.4, -0.2) is 11.4 Å². The van der Waals surface area contributed by atoms with Gasteiger partial charge in [0.2, 0.25) is 5.91 Å². The third kappa shape index (κ3) is 2.19. The van der Waals surface area contributed by atoms with Crippen molar-refractivity contribution in [2.45, 2.75) is 71.3 Å². The lowest BCUT2D eigenvalue weighted by molar-refractivity contribution is -0.140. The number of hydrogen-bond donors (Lipinski definition) is 1. The number of nitrogens with one attached hydrogen (secondary N) is 1.